The summed E-state index contributed by atoms with van der Waals surface area (Å²) in [5, 5.41) is 12.7. The SMILES string of the molecule is CCNC(=NCc1ccccc1CO)N(C)Cc1cccn1C. The number of aryl methyl sites for hydroxylation is 1. The molecule has 0 aliphatic rings. The van der Waals surface area contributed by atoms with Gasteiger partial charge in [0.2, 0.25) is 0 Å². The lowest BCUT2D eigenvalue weighted by Crippen LogP contribution is -2.38. The molecule has 0 aliphatic heterocycles. The standard InChI is InChI=1S/C18H26N4O/c1-4-19-18(22(3)13-17-10-7-11-21(17)2)20-12-15-8-5-6-9-16(15)14-23/h5-11,23H,4,12-14H2,1-3H3,(H,19,20). The van der Waals surface area contributed by atoms with Crippen molar-refractivity contribution in [1.82, 2.24) is 14.8 Å². The highest BCUT2D eigenvalue weighted by atomic mass is 16.3. The molecule has 1 aromatic carbocycles. The highest BCUT2D eigenvalue weighted by molar-refractivity contribution is 5.79. The molecule has 0 saturated carbocycles. The summed E-state index contributed by atoms with van der Waals surface area (Å²) in [6, 6.07) is 12.0. The zero-order valence-corrected chi connectivity index (χ0v) is 14.2. The highest BCUT2D eigenvalue weighted by Gasteiger charge is 2.08. The molecular weight excluding hydrogens is 288 g/mol. The highest BCUT2D eigenvalue weighted by Crippen LogP contribution is 2.10. The molecule has 0 fully saturated rings. The van der Waals surface area contributed by atoms with Crippen LogP contribution in [0.3, 0.4) is 0 Å². The monoisotopic (exact) mass is 314 g/mol. The Kier molecular flexibility index (Phi) is 6.23. The minimum absolute atomic E-state index is 0.0431. The number of aromatic nitrogens is 1. The second-order valence-electron chi connectivity index (χ2n) is 5.56. The summed E-state index contributed by atoms with van der Waals surface area (Å²) in [6.45, 7) is 4.26. The van der Waals surface area contributed by atoms with Crippen LogP contribution in [0.15, 0.2) is 47.6 Å². The van der Waals surface area contributed by atoms with Crippen molar-refractivity contribution in [3.8, 4) is 0 Å². The van der Waals surface area contributed by atoms with E-state index in [0.29, 0.717) is 6.54 Å². The second kappa shape index (κ2) is 8.39. The van der Waals surface area contributed by atoms with Crippen LogP contribution in [0.4, 0.5) is 0 Å². The van der Waals surface area contributed by atoms with Crippen LogP contribution in [0.2, 0.25) is 0 Å². The van der Waals surface area contributed by atoms with Crippen molar-refractivity contribution in [3.05, 3.63) is 59.4 Å². The normalized spacial score (nSPS) is 11.6. The Labute approximate surface area is 138 Å². The van der Waals surface area contributed by atoms with Crippen molar-refractivity contribution < 1.29 is 5.11 Å². The number of rotatable bonds is 6. The number of aliphatic hydroxyl groups is 1. The van der Waals surface area contributed by atoms with Crippen LogP contribution in [-0.4, -0.2) is 34.1 Å². The van der Waals surface area contributed by atoms with Gasteiger partial charge >= 0.3 is 0 Å². The first-order valence-electron chi connectivity index (χ1n) is 7.93. The van der Waals surface area contributed by atoms with Crippen molar-refractivity contribution in [3.63, 3.8) is 0 Å². The van der Waals surface area contributed by atoms with Gasteiger partial charge in [-0.2, -0.15) is 0 Å². The van der Waals surface area contributed by atoms with E-state index in [2.05, 4.69) is 27.8 Å². The van der Waals surface area contributed by atoms with E-state index >= 15 is 0 Å². The zero-order chi connectivity index (χ0) is 16.7. The van der Waals surface area contributed by atoms with Crippen LogP contribution in [0.1, 0.15) is 23.7 Å². The molecular formula is C18H26N4O. The van der Waals surface area contributed by atoms with Crippen LogP contribution < -0.4 is 5.32 Å². The quantitative estimate of drug-likeness (QED) is 0.634. The lowest BCUT2D eigenvalue weighted by atomic mass is 10.1. The Bertz CT molecular complexity index is 648. The van der Waals surface area contributed by atoms with E-state index in [1.54, 1.807) is 0 Å². The maximum absolute atomic E-state index is 9.42. The smallest absolute Gasteiger partial charge is 0.194 e. The van der Waals surface area contributed by atoms with E-state index in [4.69, 9.17) is 4.99 Å². The lowest BCUT2D eigenvalue weighted by molar-refractivity contribution is 0.280. The largest absolute Gasteiger partial charge is 0.392 e. The summed E-state index contributed by atoms with van der Waals surface area (Å²) in [4.78, 5) is 6.83. The molecule has 2 rings (SSSR count). The maximum atomic E-state index is 9.42. The Morgan fingerprint density at radius 1 is 1.22 bits per heavy atom. The average Bonchev–Trinajstić information content (AvgIpc) is 2.96. The van der Waals surface area contributed by atoms with Gasteiger partial charge in [0.05, 0.1) is 19.7 Å². The summed E-state index contributed by atoms with van der Waals surface area (Å²) < 4.78 is 2.11. The molecule has 0 amide bonds. The van der Waals surface area contributed by atoms with E-state index in [9.17, 15) is 5.11 Å². The molecule has 0 bridgehead atoms. The zero-order valence-electron chi connectivity index (χ0n) is 14.2. The van der Waals surface area contributed by atoms with Crippen molar-refractivity contribution in [2.75, 3.05) is 13.6 Å². The molecule has 5 nitrogen and oxygen atoms in total. The number of hydrogen-bond donors (Lipinski definition) is 2. The molecule has 0 unspecified atom stereocenters. The molecule has 5 heteroatoms. The minimum atomic E-state index is 0.0431. The maximum Gasteiger partial charge on any atom is 0.194 e. The van der Waals surface area contributed by atoms with E-state index in [0.717, 1.165) is 30.2 Å². The average molecular weight is 314 g/mol. The first-order chi connectivity index (χ1) is 11.2. The second-order valence-corrected chi connectivity index (χ2v) is 5.56. The summed E-state index contributed by atoms with van der Waals surface area (Å²) >= 11 is 0. The number of benzene rings is 1. The van der Waals surface area contributed by atoms with Crippen molar-refractivity contribution in [2.24, 2.45) is 12.0 Å². The Morgan fingerprint density at radius 2 is 1.96 bits per heavy atom. The van der Waals surface area contributed by atoms with Gasteiger partial charge in [-0.25, -0.2) is 4.99 Å². The molecule has 0 saturated heterocycles. The van der Waals surface area contributed by atoms with Crippen LogP contribution in [0.5, 0.6) is 0 Å². The van der Waals surface area contributed by atoms with Crippen LogP contribution >= 0.6 is 0 Å². The Hall–Kier alpha value is -2.27. The fourth-order valence-electron chi connectivity index (χ4n) is 2.47. The molecule has 1 heterocycles. The first kappa shape index (κ1) is 17.1. The summed E-state index contributed by atoms with van der Waals surface area (Å²) in [5.41, 5.74) is 3.21. The molecule has 2 aromatic rings. The van der Waals surface area contributed by atoms with Crippen molar-refractivity contribution >= 4 is 5.96 Å². The van der Waals surface area contributed by atoms with Gasteiger partial charge in [0.15, 0.2) is 5.96 Å². The predicted octanol–water partition coefficient (Wildman–Crippen LogP) is 2.11. The number of nitrogens with one attached hydrogen (secondary N) is 1. The van der Waals surface area contributed by atoms with Crippen LogP contribution in [0.25, 0.3) is 0 Å². The summed E-state index contributed by atoms with van der Waals surface area (Å²) in [7, 11) is 4.08. The van der Waals surface area contributed by atoms with Crippen molar-refractivity contribution in [1.29, 1.82) is 0 Å². The fraction of sp³-hybridized carbons (Fsp3) is 0.389. The van der Waals surface area contributed by atoms with Gasteiger partial charge in [0.25, 0.3) is 0 Å². The molecule has 0 radical (unpaired) electrons. The van der Waals surface area contributed by atoms with Gasteiger partial charge in [-0.3, -0.25) is 0 Å². The molecule has 124 valence electrons. The molecule has 0 spiro atoms. The lowest BCUT2D eigenvalue weighted by Gasteiger charge is -2.22. The van der Waals surface area contributed by atoms with E-state index in [-0.39, 0.29) is 6.61 Å². The van der Waals surface area contributed by atoms with Gasteiger partial charge in [-0.15, -0.1) is 0 Å². The first-order valence-corrected chi connectivity index (χ1v) is 7.93. The minimum Gasteiger partial charge on any atom is -0.392 e. The van der Waals surface area contributed by atoms with Crippen molar-refractivity contribution in [2.45, 2.75) is 26.6 Å². The van der Waals surface area contributed by atoms with E-state index in [1.165, 1.54) is 5.69 Å². The van der Waals surface area contributed by atoms with E-state index < -0.39 is 0 Å². The number of hydrogen-bond acceptors (Lipinski definition) is 2. The van der Waals surface area contributed by atoms with Crippen LogP contribution in [-0.2, 0) is 26.7 Å². The molecule has 0 atom stereocenters. The van der Waals surface area contributed by atoms with Gasteiger partial charge in [0, 0.05) is 32.5 Å². The molecule has 2 N–H and O–H groups in total. The number of aliphatic imine (C=N–C) groups is 1. The topological polar surface area (TPSA) is 52.8 Å². The molecule has 0 aliphatic carbocycles. The predicted molar refractivity (Wildman–Crippen MR) is 94.1 cm³/mol. The third kappa shape index (κ3) is 4.60. The van der Waals surface area contributed by atoms with Gasteiger partial charge in [-0.1, -0.05) is 24.3 Å². The summed E-state index contributed by atoms with van der Waals surface area (Å²) in [6.07, 6.45) is 2.05. The molecule has 1 aromatic heterocycles. The number of aliphatic hydroxyl groups excluding tert-OH is 1. The number of nitrogens with zero attached hydrogens (tertiary/aromatic N) is 3. The fourth-order valence-corrected chi connectivity index (χ4v) is 2.47. The third-order valence-electron chi connectivity index (χ3n) is 3.83. The summed E-state index contributed by atoms with van der Waals surface area (Å²) in [5.74, 6) is 0.862. The Balaban J connectivity index is 2.11. The van der Waals surface area contributed by atoms with Crippen LogP contribution in [0, 0.1) is 0 Å². The van der Waals surface area contributed by atoms with Gasteiger partial charge in [-0.05, 0) is 30.2 Å². The van der Waals surface area contributed by atoms with E-state index in [1.807, 2.05) is 50.6 Å². The molecule has 23 heavy (non-hydrogen) atoms. The Morgan fingerprint density at radius 3 is 2.57 bits per heavy atom. The van der Waals surface area contributed by atoms with Gasteiger partial charge < -0.3 is 19.9 Å². The third-order valence-corrected chi connectivity index (χ3v) is 3.83. The number of guanidine groups is 1. The van der Waals surface area contributed by atoms with Gasteiger partial charge in [0.1, 0.15) is 0 Å².